The van der Waals surface area contributed by atoms with Gasteiger partial charge in [-0.05, 0) is 78.1 Å². The fraction of sp³-hybridized carbons (Fsp3) is 0.348. The molecule has 2 aromatic heterocycles. The monoisotopic (exact) mass is 516 g/mol. The summed E-state index contributed by atoms with van der Waals surface area (Å²) in [6.07, 6.45) is 3.71. The molecule has 1 aliphatic rings. The van der Waals surface area contributed by atoms with Crippen LogP contribution in [0.15, 0.2) is 44.7 Å². The molecule has 0 radical (unpaired) electrons. The first-order valence-corrected chi connectivity index (χ1v) is 12.1. The van der Waals surface area contributed by atoms with Crippen molar-refractivity contribution in [2.45, 2.75) is 32.2 Å². The van der Waals surface area contributed by atoms with Gasteiger partial charge in [0.15, 0.2) is 5.89 Å². The Kier molecular flexibility index (Phi) is 7.07. The van der Waals surface area contributed by atoms with Gasteiger partial charge < -0.3 is 20.0 Å². The van der Waals surface area contributed by atoms with Crippen LogP contribution in [0.1, 0.15) is 32.4 Å². The zero-order valence-corrected chi connectivity index (χ0v) is 20.4. The van der Waals surface area contributed by atoms with E-state index in [4.69, 9.17) is 4.42 Å². The average molecular weight is 517 g/mol. The molecule has 3 heterocycles. The minimum Gasteiger partial charge on any atom is -0.446 e. The van der Waals surface area contributed by atoms with E-state index in [0.717, 1.165) is 35.4 Å². The zero-order chi connectivity index (χ0) is 22.7. The number of thiophene rings is 1. The van der Waals surface area contributed by atoms with Gasteiger partial charge in [-0.3, -0.25) is 9.59 Å². The number of anilines is 1. The van der Waals surface area contributed by atoms with Crippen LogP contribution in [0.3, 0.4) is 0 Å². The van der Waals surface area contributed by atoms with Gasteiger partial charge in [-0.25, -0.2) is 4.98 Å². The van der Waals surface area contributed by atoms with E-state index >= 15 is 0 Å². The predicted octanol–water partition coefficient (Wildman–Crippen LogP) is 3.82. The van der Waals surface area contributed by atoms with Crippen LogP contribution >= 0.6 is 27.3 Å². The van der Waals surface area contributed by atoms with Crippen molar-refractivity contribution < 1.29 is 14.0 Å². The maximum Gasteiger partial charge on any atom is 0.262 e. The van der Waals surface area contributed by atoms with Gasteiger partial charge in [-0.1, -0.05) is 6.07 Å². The molecule has 0 aliphatic carbocycles. The number of nitrogens with zero attached hydrogens (tertiary/aromatic N) is 2. The van der Waals surface area contributed by atoms with E-state index < -0.39 is 6.04 Å². The lowest BCUT2D eigenvalue weighted by atomic mass is 10.0. The summed E-state index contributed by atoms with van der Waals surface area (Å²) in [5.74, 6) is 0.438. The first-order valence-electron chi connectivity index (χ1n) is 10.5. The molecule has 9 heteroatoms. The lowest BCUT2D eigenvalue weighted by Gasteiger charge is -2.18. The number of halogens is 1. The maximum absolute atomic E-state index is 13.2. The van der Waals surface area contributed by atoms with Crippen molar-refractivity contribution in [1.82, 2.24) is 15.2 Å². The topological polar surface area (TPSA) is 87.5 Å². The number of hydrogen-bond acceptors (Lipinski definition) is 6. The zero-order valence-electron chi connectivity index (χ0n) is 18.0. The van der Waals surface area contributed by atoms with E-state index in [1.54, 1.807) is 25.3 Å². The summed E-state index contributed by atoms with van der Waals surface area (Å²) in [5, 5.41) is 5.80. The Morgan fingerprint density at radius 1 is 1.22 bits per heavy atom. The van der Waals surface area contributed by atoms with Crippen LogP contribution in [0.25, 0.3) is 0 Å². The summed E-state index contributed by atoms with van der Waals surface area (Å²) in [7, 11) is 2.12. The average Bonchev–Trinajstić information content (AvgIpc) is 3.33. The van der Waals surface area contributed by atoms with Gasteiger partial charge in [0.25, 0.3) is 5.91 Å². The first-order chi connectivity index (χ1) is 15.4. The Morgan fingerprint density at radius 2 is 2.00 bits per heavy atom. The quantitative estimate of drug-likeness (QED) is 0.519. The first kappa shape index (κ1) is 22.7. The molecular weight excluding hydrogens is 492 g/mol. The Hall–Kier alpha value is -2.49. The number of oxazole rings is 1. The molecule has 2 amide bonds. The number of hydrogen-bond donors (Lipinski definition) is 2. The largest absolute Gasteiger partial charge is 0.446 e. The molecule has 0 saturated carbocycles. The van der Waals surface area contributed by atoms with Crippen LogP contribution < -0.4 is 10.6 Å². The van der Waals surface area contributed by atoms with E-state index in [2.05, 4.69) is 49.6 Å². The number of rotatable bonds is 6. The number of aromatic nitrogens is 1. The van der Waals surface area contributed by atoms with Crippen LogP contribution in [-0.4, -0.2) is 47.9 Å². The van der Waals surface area contributed by atoms with Gasteiger partial charge in [0.1, 0.15) is 11.8 Å². The number of aryl methyl sites for hydroxylation is 1. The normalized spacial score (nSPS) is 15.0. The molecule has 1 aromatic carbocycles. The van der Waals surface area contributed by atoms with Crippen LogP contribution in [0, 0.1) is 6.92 Å². The summed E-state index contributed by atoms with van der Waals surface area (Å²) in [6.45, 7) is 3.81. The van der Waals surface area contributed by atoms with Gasteiger partial charge in [-0.15, -0.1) is 11.3 Å². The molecular formula is C23H25BrN4O3S. The van der Waals surface area contributed by atoms with Crippen molar-refractivity contribution in [2.24, 2.45) is 0 Å². The number of carbonyl (C=O) groups is 2. The minimum atomic E-state index is -0.827. The number of likely N-dealkylation sites (N-methyl/N-ethyl adjacent to an activating group) is 1. The van der Waals surface area contributed by atoms with Crippen molar-refractivity contribution in [3.8, 4) is 0 Å². The molecule has 0 saturated heterocycles. The van der Waals surface area contributed by atoms with E-state index in [0.29, 0.717) is 16.5 Å². The Balaban J connectivity index is 1.51. The molecule has 7 nitrogen and oxygen atoms in total. The van der Waals surface area contributed by atoms with Crippen LogP contribution in [0.4, 0.5) is 5.69 Å². The highest BCUT2D eigenvalue weighted by molar-refractivity contribution is 9.11. The summed E-state index contributed by atoms with van der Waals surface area (Å²) >= 11 is 4.68. The number of amides is 2. The van der Waals surface area contributed by atoms with E-state index in [-0.39, 0.29) is 18.2 Å². The van der Waals surface area contributed by atoms with Gasteiger partial charge in [0, 0.05) is 18.8 Å². The molecule has 4 rings (SSSR count). The molecule has 0 fully saturated rings. The minimum absolute atomic E-state index is 0.160. The smallest absolute Gasteiger partial charge is 0.262 e. The van der Waals surface area contributed by atoms with Crippen LogP contribution in [0.5, 0.6) is 0 Å². The third kappa shape index (κ3) is 5.65. The van der Waals surface area contributed by atoms with Gasteiger partial charge in [0.05, 0.1) is 21.3 Å². The molecule has 0 bridgehead atoms. The highest BCUT2D eigenvalue weighted by Crippen LogP contribution is 2.23. The molecule has 3 aromatic rings. The number of benzene rings is 1. The molecule has 32 heavy (non-hydrogen) atoms. The standard InChI is InChI=1S/C23H25BrN4O3S/c1-14-13-25-21(31-14)12-18(27-23(30)19-5-6-20(24)32-19)22(29)26-17-4-3-15-7-9-28(2)10-8-16(15)11-17/h3-6,11,13,18H,7-10,12H2,1-2H3,(H,26,29)(H,27,30)/t18-/m1/s1. The van der Waals surface area contributed by atoms with E-state index in [9.17, 15) is 9.59 Å². The van der Waals surface area contributed by atoms with Crippen molar-refractivity contribution >= 4 is 44.8 Å². The second-order valence-corrected chi connectivity index (χ2v) is 10.4. The molecule has 1 atom stereocenters. The molecule has 0 unspecified atom stereocenters. The number of nitrogens with one attached hydrogen (secondary N) is 2. The number of fused-ring (bicyclic) bond motifs is 1. The van der Waals surface area contributed by atoms with Crippen molar-refractivity contribution in [2.75, 3.05) is 25.5 Å². The second-order valence-electron chi connectivity index (χ2n) is 7.97. The fourth-order valence-electron chi connectivity index (χ4n) is 3.69. The predicted molar refractivity (Wildman–Crippen MR) is 128 cm³/mol. The highest BCUT2D eigenvalue weighted by Gasteiger charge is 2.25. The molecule has 168 valence electrons. The molecule has 0 spiro atoms. The summed E-state index contributed by atoms with van der Waals surface area (Å²) in [6, 6.07) is 8.74. The van der Waals surface area contributed by atoms with Gasteiger partial charge in [-0.2, -0.15) is 0 Å². The van der Waals surface area contributed by atoms with Crippen LogP contribution in [-0.2, 0) is 24.1 Å². The summed E-state index contributed by atoms with van der Waals surface area (Å²) < 4.78 is 6.40. The Bertz CT molecular complexity index is 1130. The van der Waals surface area contributed by atoms with Crippen molar-refractivity contribution in [3.05, 3.63) is 68.0 Å². The van der Waals surface area contributed by atoms with Crippen molar-refractivity contribution in [1.29, 1.82) is 0 Å². The Morgan fingerprint density at radius 3 is 2.69 bits per heavy atom. The van der Waals surface area contributed by atoms with Gasteiger partial charge >= 0.3 is 0 Å². The lowest BCUT2D eigenvalue weighted by molar-refractivity contribution is -0.118. The molecule has 1 aliphatic heterocycles. The lowest BCUT2D eigenvalue weighted by Crippen LogP contribution is -2.45. The summed E-state index contributed by atoms with van der Waals surface area (Å²) in [4.78, 5) is 32.9. The SMILES string of the molecule is Cc1cnc(C[C@@H](NC(=O)c2ccc(Br)s2)C(=O)Nc2ccc3c(c2)CCN(C)CC3)o1. The highest BCUT2D eigenvalue weighted by atomic mass is 79.9. The van der Waals surface area contributed by atoms with E-state index in [1.807, 2.05) is 12.1 Å². The molecule has 2 N–H and O–H groups in total. The Labute approximate surface area is 199 Å². The fourth-order valence-corrected chi connectivity index (χ4v) is 4.98. The third-order valence-electron chi connectivity index (χ3n) is 5.47. The number of carbonyl (C=O) groups excluding carboxylic acids is 2. The van der Waals surface area contributed by atoms with Crippen LogP contribution in [0.2, 0.25) is 0 Å². The van der Waals surface area contributed by atoms with Gasteiger partial charge in [0.2, 0.25) is 5.91 Å². The van der Waals surface area contributed by atoms with Crippen molar-refractivity contribution in [3.63, 3.8) is 0 Å². The summed E-state index contributed by atoms with van der Waals surface area (Å²) in [5.41, 5.74) is 3.29. The third-order valence-corrected chi connectivity index (χ3v) is 7.09. The second kappa shape index (κ2) is 9.97. The van der Waals surface area contributed by atoms with E-state index in [1.165, 1.54) is 22.5 Å². The maximum atomic E-state index is 13.2.